The Hall–Kier alpha value is -1.93. The third-order valence-electron chi connectivity index (χ3n) is 7.70. The van der Waals surface area contributed by atoms with Gasteiger partial charge in [0, 0.05) is 21.7 Å². The van der Waals surface area contributed by atoms with Gasteiger partial charge in [0.05, 0.1) is 8.80 Å². The van der Waals surface area contributed by atoms with Crippen molar-refractivity contribution in [1.82, 2.24) is 0 Å². The second-order valence-corrected chi connectivity index (χ2v) is 16.4. The van der Waals surface area contributed by atoms with Gasteiger partial charge in [-0.3, -0.25) is 0 Å². The smallest absolute Gasteiger partial charge is 0.0742 e. The molecule has 0 N–H and O–H groups in total. The average molecular weight is 554 g/mol. The van der Waals surface area contributed by atoms with Crippen molar-refractivity contribution < 1.29 is 21.7 Å². The summed E-state index contributed by atoms with van der Waals surface area (Å²) in [4.78, 5) is 0. The van der Waals surface area contributed by atoms with Crippen LogP contribution in [0.2, 0.25) is 0 Å². The molecule has 0 heterocycles. The van der Waals surface area contributed by atoms with E-state index in [-0.39, 0.29) is 32.5 Å². The first-order valence-electron chi connectivity index (χ1n) is 13.8. The van der Waals surface area contributed by atoms with Crippen molar-refractivity contribution in [2.24, 2.45) is 0 Å². The van der Waals surface area contributed by atoms with Crippen molar-refractivity contribution in [3.63, 3.8) is 0 Å². The molecule has 38 heavy (non-hydrogen) atoms. The summed E-state index contributed by atoms with van der Waals surface area (Å²) in [6.45, 7) is 25.2. The SMILES string of the molecule is CC1=C([SiH](c2cc(C)cc(C)c2)c2cc(C)cc(C)c2)CC(c2cc(C(C)(C)C)cc(C(C)(C)C)c2)=[C-]1.[Ti]. The molecule has 1 aliphatic rings. The number of hydrogen-bond acceptors (Lipinski definition) is 0. The van der Waals surface area contributed by atoms with E-state index in [1.807, 2.05) is 0 Å². The molecule has 0 saturated heterocycles. The summed E-state index contributed by atoms with van der Waals surface area (Å²) in [7, 11) is -1.63. The topological polar surface area (TPSA) is 0 Å². The van der Waals surface area contributed by atoms with Crippen molar-refractivity contribution >= 4 is 24.7 Å². The molecule has 0 radical (unpaired) electrons. The van der Waals surface area contributed by atoms with E-state index in [1.54, 1.807) is 5.20 Å². The predicted molar refractivity (Wildman–Crippen MR) is 166 cm³/mol. The van der Waals surface area contributed by atoms with E-state index in [0.29, 0.717) is 0 Å². The molecule has 0 nitrogen and oxygen atoms in total. The first-order chi connectivity index (χ1) is 17.1. The van der Waals surface area contributed by atoms with E-state index >= 15 is 0 Å². The summed E-state index contributed by atoms with van der Waals surface area (Å²) in [6.07, 6.45) is 4.89. The Morgan fingerprint density at radius 3 is 1.34 bits per heavy atom. The van der Waals surface area contributed by atoms with Crippen LogP contribution in [-0.4, -0.2) is 8.80 Å². The quantitative estimate of drug-likeness (QED) is 0.227. The molecule has 0 saturated carbocycles. The zero-order valence-corrected chi connectivity index (χ0v) is 28.2. The second-order valence-electron chi connectivity index (χ2n) is 13.5. The zero-order valence-electron chi connectivity index (χ0n) is 25.5. The van der Waals surface area contributed by atoms with Gasteiger partial charge in [-0.25, -0.2) is 0 Å². The van der Waals surface area contributed by atoms with Gasteiger partial charge in [-0.05, 0) is 38.5 Å². The van der Waals surface area contributed by atoms with Crippen LogP contribution in [0.3, 0.4) is 0 Å². The average Bonchev–Trinajstić information content (AvgIpc) is 3.12. The fourth-order valence-electron chi connectivity index (χ4n) is 5.78. The maximum atomic E-state index is 3.89. The second kappa shape index (κ2) is 11.3. The third kappa shape index (κ3) is 6.79. The molecule has 0 aromatic heterocycles. The molecule has 0 fully saturated rings. The van der Waals surface area contributed by atoms with E-state index in [2.05, 4.69) is 137 Å². The van der Waals surface area contributed by atoms with Crippen LogP contribution in [0.25, 0.3) is 5.57 Å². The molecule has 0 amide bonds. The Balaban J connectivity index is 0.00000400. The number of benzene rings is 3. The zero-order chi connectivity index (χ0) is 27.3. The van der Waals surface area contributed by atoms with Gasteiger partial charge >= 0.3 is 0 Å². The Labute approximate surface area is 249 Å². The van der Waals surface area contributed by atoms with Crippen molar-refractivity contribution in [3.8, 4) is 0 Å². The molecule has 198 valence electrons. The summed E-state index contributed by atoms with van der Waals surface area (Å²) in [6, 6.07) is 21.6. The van der Waals surface area contributed by atoms with Gasteiger partial charge in [-0.15, -0.1) is 17.7 Å². The Morgan fingerprint density at radius 2 is 0.974 bits per heavy atom. The first kappa shape index (κ1) is 30.6. The Bertz CT molecular complexity index is 1280. The number of hydrogen-bond donors (Lipinski definition) is 0. The van der Waals surface area contributed by atoms with Gasteiger partial charge in [-0.2, -0.15) is 22.4 Å². The van der Waals surface area contributed by atoms with E-state index in [4.69, 9.17) is 0 Å². The molecule has 4 rings (SSSR count). The molecule has 3 aromatic rings. The van der Waals surface area contributed by atoms with Crippen molar-refractivity contribution in [2.75, 3.05) is 0 Å². The van der Waals surface area contributed by atoms with Gasteiger partial charge in [0.1, 0.15) is 0 Å². The molecular formula is C36H45SiTi-. The number of aryl methyl sites for hydroxylation is 4. The molecule has 0 aliphatic heterocycles. The normalized spacial score (nSPS) is 14.2. The van der Waals surface area contributed by atoms with Crippen molar-refractivity contribution in [2.45, 2.75) is 93.4 Å². The van der Waals surface area contributed by atoms with Gasteiger partial charge < -0.3 is 0 Å². The van der Waals surface area contributed by atoms with Gasteiger partial charge in [0.15, 0.2) is 0 Å². The number of allylic oxidation sites excluding steroid dienone is 4. The fraction of sp³-hybridized carbons (Fsp3) is 0.389. The summed E-state index contributed by atoms with van der Waals surface area (Å²) in [5.74, 6) is 0. The van der Waals surface area contributed by atoms with Gasteiger partial charge in [0.2, 0.25) is 0 Å². The Morgan fingerprint density at radius 1 is 0.579 bits per heavy atom. The van der Waals surface area contributed by atoms with E-state index < -0.39 is 8.80 Å². The van der Waals surface area contributed by atoms with Gasteiger partial charge in [-0.1, -0.05) is 141 Å². The van der Waals surface area contributed by atoms with Crippen LogP contribution in [-0.2, 0) is 32.5 Å². The molecule has 0 bridgehead atoms. The minimum absolute atomic E-state index is 0. The Kier molecular flexibility index (Phi) is 9.09. The van der Waals surface area contributed by atoms with E-state index in [0.717, 1.165) is 6.42 Å². The monoisotopic (exact) mass is 553 g/mol. The molecule has 3 aromatic carbocycles. The largest absolute Gasteiger partial charge is 0.177 e. The van der Waals surface area contributed by atoms with Gasteiger partial charge in [0.25, 0.3) is 0 Å². The maximum absolute atomic E-state index is 3.89. The van der Waals surface area contributed by atoms with Crippen LogP contribution >= 0.6 is 0 Å². The van der Waals surface area contributed by atoms with Crippen molar-refractivity contribution in [1.29, 1.82) is 0 Å². The van der Waals surface area contributed by atoms with Crippen molar-refractivity contribution in [3.05, 3.63) is 110 Å². The van der Waals surface area contributed by atoms with Crippen LogP contribution in [0.4, 0.5) is 0 Å². The van der Waals surface area contributed by atoms with E-state index in [1.165, 1.54) is 60.5 Å². The number of rotatable bonds is 4. The van der Waals surface area contributed by atoms with Crippen LogP contribution in [0.15, 0.2) is 65.4 Å². The molecule has 0 spiro atoms. The summed E-state index contributed by atoms with van der Waals surface area (Å²) >= 11 is 0. The summed E-state index contributed by atoms with van der Waals surface area (Å²) in [5, 5.41) is 4.67. The fourth-order valence-corrected chi connectivity index (χ4v) is 9.60. The molecular weight excluding hydrogens is 508 g/mol. The van der Waals surface area contributed by atoms with E-state index in [9.17, 15) is 0 Å². The first-order valence-corrected chi connectivity index (χ1v) is 15.5. The predicted octanol–water partition coefficient (Wildman–Crippen LogP) is 8.00. The van der Waals surface area contributed by atoms with Crippen LogP contribution < -0.4 is 10.4 Å². The third-order valence-corrected chi connectivity index (χ3v) is 11.0. The molecule has 0 unspecified atom stereocenters. The van der Waals surface area contributed by atoms with Crippen LogP contribution in [0.1, 0.15) is 93.8 Å². The van der Waals surface area contributed by atoms with Crippen LogP contribution in [0, 0.1) is 33.8 Å². The minimum Gasteiger partial charge on any atom is -0.177 e. The van der Waals surface area contributed by atoms with Crippen LogP contribution in [0.5, 0.6) is 0 Å². The molecule has 0 atom stereocenters. The summed E-state index contributed by atoms with van der Waals surface area (Å²) in [5.41, 5.74) is 12.5. The summed E-state index contributed by atoms with van der Waals surface area (Å²) < 4.78 is 0. The standard InChI is InChI=1S/C36H45Si.Ti/c1-23-12-24(2)15-32(14-23)37(33-16-25(3)13-26(4)17-33)34-21-28(18-27(34)5)29-19-30(35(6,7)8)22-31(20-29)36(9,10)11;/h12-17,19-20,22,37H,21H2,1-11H3;/q-1;. The molecule has 2 heteroatoms. The maximum Gasteiger partial charge on any atom is 0.0742 e. The molecule has 1 aliphatic carbocycles. The minimum atomic E-state index is -1.63.